The number of hydrazone groups is 1. The molecule has 0 aromatic carbocycles. The molecule has 5 rings (SSSR count). The van der Waals surface area contributed by atoms with E-state index in [0.717, 1.165) is 0 Å². The first-order valence-electron chi connectivity index (χ1n) is 8.87. The first-order valence-corrected chi connectivity index (χ1v) is 8.87. The highest BCUT2D eigenvalue weighted by Crippen LogP contribution is 2.22. The Hall–Kier alpha value is -4.35. The number of anilines is 1. The highest BCUT2D eigenvalue weighted by molar-refractivity contribution is 6.24. The number of hydrogen-bond donors (Lipinski definition) is 1. The number of amides is 2. The second-order valence-electron chi connectivity index (χ2n) is 6.58. The van der Waals surface area contributed by atoms with Crippen molar-refractivity contribution in [2.24, 2.45) is 21.0 Å². The minimum absolute atomic E-state index is 0.0310. The summed E-state index contributed by atoms with van der Waals surface area (Å²) in [5, 5.41) is 16.3. The second-order valence-corrected chi connectivity index (χ2v) is 6.58. The van der Waals surface area contributed by atoms with Crippen LogP contribution in [-0.4, -0.2) is 56.8 Å². The van der Waals surface area contributed by atoms with E-state index < -0.39 is 17.7 Å². The first kappa shape index (κ1) is 17.7. The SMILES string of the molecule is Cc1cc(NC(=O)c2cc(-c3ccco3)on2)n(C2=NC(=O)C3C=NN(C)C3=N2)n1. The van der Waals surface area contributed by atoms with Gasteiger partial charge >= 0.3 is 0 Å². The average molecular weight is 406 g/mol. The van der Waals surface area contributed by atoms with Gasteiger partial charge in [-0.25, -0.2) is 0 Å². The lowest BCUT2D eigenvalue weighted by Gasteiger charge is -2.17. The summed E-state index contributed by atoms with van der Waals surface area (Å²) in [5.74, 6) is -0.0389. The van der Waals surface area contributed by atoms with Gasteiger partial charge in [0.05, 0.1) is 12.0 Å². The van der Waals surface area contributed by atoms with E-state index in [4.69, 9.17) is 8.94 Å². The van der Waals surface area contributed by atoms with Crippen molar-refractivity contribution >= 4 is 35.6 Å². The molecule has 0 radical (unpaired) electrons. The number of furan rings is 1. The Morgan fingerprint density at radius 3 is 2.90 bits per heavy atom. The third-order valence-electron chi connectivity index (χ3n) is 4.46. The third-order valence-corrected chi connectivity index (χ3v) is 4.46. The standard InChI is InChI=1S/C18H14N8O4/c1-9-6-14(20-17(28)11-7-13(30-24-11)12-4-3-5-29-12)26(23-9)18-21-15-10(16(27)22-18)8-19-25(15)2/h3-8,10H,1-2H3,(H,20,28). The maximum Gasteiger partial charge on any atom is 0.279 e. The fourth-order valence-electron chi connectivity index (χ4n) is 3.04. The summed E-state index contributed by atoms with van der Waals surface area (Å²) in [6, 6.07) is 6.47. The van der Waals surface area contributed by atoms with E-state index in [9.17, 15) is 9.59 Å². The molecule has 0 saturated heterocycles. The molecule has 12 heteroatoms. The monoisotopic (exact) mass is 406 g/mol. The van der Waals surface area contributed by atoms with Crippen LogP contribution in [0.1, 0.15) is 16.2 Å². The summed E-state index contributed by atoms with van der Waals surface area (Å²) < 4.78 is 11.7. The molecule has 0 spiro atoms. The van der Waals surface area contributed by atoms with Gasteiger partial charge < -0.3 is 14.3 Å². The Bertz CT molecular complexity index is 1250. The molecule has 3 aromatic rings. The normalized spacial score (nSPS) is 17.7. The van der Waals surface area contributed by atoms with Crippen LogP contribution >= 0.6 is 0 Å². The number of carbonyl (C=O) groups is 2. The van der Waals surface area contributed by atoms with Gasteiger partial charge in [-0.3, -0.25) is 14.6 Å². The van der Waals surface area contributed by atoms with Crippen LogP contribution in [0.15, 0.2) is 54.6 Å². The van der Waals surface area contributed by atoms with Crippen LogP contribution in [0, 0.1) is 12.8 Å². The van der Waals surface area contributed by atoms with E-state index >= 15 is 0 Å². The summed E-state index contributed by atoms with van der Waals surface area (Å²) in [4.78, 5) is 33.4. The number of nitrogens with zero attached hydrogens (tertiary/aromatic N) is 7. The fourth-order valence-corrected chi connectivity index (χ4v) is 3.04. The smallest absolute Gasteiger partial charge is 0.279 e. The molecule has 2 aliphatic rings. The molecule has 150 valence electrons. The van der Waals surface area contributed by atoms with Crippen molar-refractivity contribution in [3.63, 3.8) is 0 Å². The molecule has 0 aliphatic carbocycles. The largest absolute Gasteiger partial charge is 0.461 e. The van der Waals surface area contributed by atoms with Crippen LogP contribution in [0.5, 0.6) is 0 Å². The molecule has 5 heterocycles. The van der Waals surface area contributed by atoms with E-state index in [1.807, 2.05) is 0 Å². The fraction of sp³-hybridized carbons (Fsp3) is 0.167. The number of hydrogen-bond acceptors (Lipinski definition) is 9. The second kappa shape index (κ2) is 6.62. The lowest BCUT2D eigenvalue weighted by molar-refractivity contribution is -0.118. The summed E-state index contributed by atoms with van der Waals surface area (Å²) in [6.45, 7) is 1.74. The maximum atomic E-state index is 12.7. The third kappa shape index (κ3) is 2.90. The molecule has 1 atom stereocenters. The van der Waals surface area contributed by atoms with Crippen LogP contribution in [0.2, 0.25) is 0 Å². The van der Waals surface area contributed by atoms with Crippen molar-refractivity contribution < 1.29 is 18.5 Å². The van der Waals surface area contributed by atoms with Crippen molar-refractivity contribution in [1.82, 2.24) is 19.9 Å². The van der Waals surface area contributed by atoms with Crippen LogP contribution in [0.3, 0.4) is 0 Å². The zero-order valence-corrected chi connectivity index (χ0v) is 15.8. The molecule has 2 aliphatic heterocycles. The Balaban J connectivity index is 1.43. The van der Waals surface area contributed by atoms with Crippen LogP contribution < -0.4 is 5.32 Å². The van der Waals surface area contributed by atoms with Crippen molar-refractivity contribution in [2.45, 2.75) is 6.92 Å². The van der Waals surface area contributed by atoms with Gasteiger partial charge in [-0.2, -0.15) is 24.9 Å². The number of nitrogens with one attached hydrogen (secondary N) is 1. The van der Waals surface area contributed by atoms with Crippen molar-refractivity contribution in [3.8, 4) is 11.5 Å². The number of aryl methyl sites for hydroxylation is 1. The van der Waals surface area contributed by atoms with Gasteiger partial charge in [0.15, 0.2) is 11.5 Å². The predicted octanol–water partition coefficient (Wildman–Crippen LogP) is 1.38. The number of rotatable bonds is 3. The molecule has 30 heavy (non-hydrogen) atoms. The molecular formula is C18H14N8O4. The molecular weight excluding hydrogens is 392 g/mol. The summed E-state index contributed by atoms with van der Waals surface area (Å²) in [7, 11) is 1.68. The highest BCUT2D eigenvalue weighted by Gasteiger charge is 2.35. The van der Waals surface area contributed by atoms with Crippen LogP contribution in [-0.2, 0) is 4.79 Å². The van der Waals surface area contributed by atoms with Gasteiger partial charge in [0.2, 0.25) is 5.76 Å². The summed E-state index contributed by atoms with van der Waals surface area (Å²) in [5.41, 5.74) is 0.638. The van der Waals surface area contributed by atoms with Gasteiger partial charge in [-0.05, 0) is 19.1 Å². The Labute approximate surface area is 168 Å². The maximum absolute atomic E-state index is 12.7. The zero-order valence-electron chi connectivity index (χ0n) is 15.8. The van der Waals surface area contributed by atoms with Crippen molar-refractivity contribution in [2.75, 3.05) is 12.4 Å². The number of aliphatic imine (C=N–C) groups is 2. The quantitative estimate of drug-likeness (QED) is 0.692. The summed E-state index contributed by atoms with van der Waals surface area (Å²) in [6.07, 6.45) is 2.98. The van der Waals surface area contributed by atoms with E-state index in [0.29, 0.717) is 23.1 Å². The van der Waals surface area contributed by atoms with Crippen molar-refractivity contribution in [3.05, 3.63) is 41.9 Å². The van der Waals surface area contributed by atoms with E-state index in [2.05, 4.69) is 30.7 Å². The lowest BCUT2D eigenvalue weighted by Crippen LogP contribution is -2.35. The molecule has 12 nitrogen and oxygen atoms in total. The molecule has 0 bridgehead atoms. The van der Waals surface area contributed by atoms with Crippen molar-refractivity contribution in [1.29, 1.82) is 0 Å². The predicted molar refractivity (Wildman–Crippen MR) is 104 cm³/mol. The van der Waals surface area contributed by atoms with E-state index in [1.165, 1.54) is 28.2 Å². The molecule has 1 unspecified atom stereocenters. The average Bonchev–Trinajstić information content (AvgIpc) is 3.48. The molecule has 0 fully saturated rings. The first-order chi connectivity index (χ1) is 14.5. The zero-order chi connectivity index (χ0) is 20.8. The van der Waals surface area contributed by atoms with Gasteiger partial charge in [0.25, 0.3) is 17.8 Å². The van der Waals surface area contributed by atoms with Gasteiger partial charge in [-0.1, -0.05) is 5.16 Å². The number of fused-ring (bicyclic) bond motifs is 1. The number of carbonyl (C=O) groups excluding carboxylic acids is 2. The molecule has 1 N–H and O–H groups in total. The van der Waals surface area contributed by atoms with Gasteiger partial charge in [0, 0.05) is 25.4 Å². The molecule has 3 aromatic heterocycles. The topological polar surface area (TPSA) is 143 Å². The molecule has 2 amide bonds. The van der Waals surface area contributed by atoms with Gasteiger partial charge in [-0.15, -0.1) is 0 Å². The van der Waals surface area contributed by atoms with Gasteiger partial charge in [0.1, 0.15) is 17.6 Å². The van der Waals surface area contributed by atoms with E-state index in [-0.39, 0.29) is 17.5 Å². The Kier molecular flexibility index (Phi) is 3.91. The van der Waals surface area contributed by atoms with Crippen LogP contribution in [0.25, 0.3) is 11.5 Å². The minimum atomic E-state index is -0.608. The number of amidine groups is 1. The highest BCUT2D eigenvalue weighted by atomic mass is 16.5. The Morgan fingerprint density at radius 2 is 2.10 bits per heavy atom. The van der Waals surface area contributed by atoms with Crippen LogP contribution in [0.4, 0.5) is 5.82 Å². The number of aromatic nitrogens is 3. The molecule has 0 saturated carbocycles. The minimum Gasteiger partial charge on any atom is -0.461 e. The summed E-state index contributed by atoms with van der Waals surface area (Å²) >= 11 is 0. The Morgan fingerprint density at radius 1 is 1.23 bits per heavy atom. The van der Waals surface area contributed by atoms with E-state index in [1.54, 1.807) is 32.2 Å². The lowest BCUT2D eigenvalue weighted by atomic mass is 10.1.